The first-order chi connectivity index (χ1) is 6.16. The molecule has 5 heteroatoms. The highest BCUT2D eigenvalue weighted by Crippen LogP contribution is 2.11. The van der Waals surface area contributed by atoms with Crippen LogP contribution in [0.25, 0.3) is 11.0 Å². The van der Waals surface area contributed by atoms with Crippen LogP contribution in [-0.4, -0.2) is 15.8 Å². The van der Waals surface area contributed by atoms with Crippen LogP contribution < -0.4 is 5.73 Å². The van der Waals surface area contributed by atoms with Gasteiger partial charge in [-0.1, -0.05) is 0 Å². The number of rotatable bonds is 1. The van der Waals surface area contributed by atoms with E-state index < -0.39 is 0 Å². The molecule has 0 aliphatic carbocycles. The van der Waals surface area contributed by atoms with Gasteiger partial charge in [0, 0.05) is 5.56 Å². The minimum atomic E-state index is 0.0578. The molecule has 0 atom stereocenters. The van der Waals surface area contributed by atoms with Gasteiger partial charge in [0.1, 0.15) is 5.84 Å². The lowest BCUT2D eigenvalue weighted by molar-refractivity contribution is 1.30. The summed E-state index contributed by atoms with van der Waals surface area (Å²) in [5.41, 5.74) is 7.84. The number of hydrogen-bond acceptors (Lipinski definition) is 2. The van der Waals surface area contributed by atoms with Crippen LogP contribution in [0.2, 0.25) is 0 Å². The number of fused-ring (bicyclic) bond motifs is 1. The van der Waals surface area contributed by atoms with E-state index in [4.69, 9.17) is 23.4 Å². The largest absolute Gasteiger partial charge is 0.384 e. The molecule has 1 heterocycles. The third-order valence-electron chi connectivity index (χ3n) is 1.83. The fourth-order valence-electron chi connectivity index (χ4n) is 1.20. The summed E-state index contributed by atoms with van der Waals surface area (Å²) in [4.78, 5) is 5.93. The number of benzene rings is 1. The summed E-state index contributed by atoms with van der Waals surface area (Å²) in [7, 11) is 0. The predicted molar refractivity (Wildman–Crippen MR) is 54.5 cm³/mol. The van der Waals surface area contributed by atoms with Crippen LogP contribution in [0.15, 0.2) is 18.2 Å². The Balaban J connectivity index is 2.74. The second kappa shape index (κ2) is 2.70. The van der Waals surface area contributed by atoms with Crippen molar-refractivity contribution in [3.8, 4) is 0 Å². The molecule has 0 fully saturated rings. The van der Waals surface area contributed by atoms with Crippen molar-refractivity contribution in [2.45, 2.75) is 0 Å². The lowest BCUT2D eigenvalue weighted by Crippen LogP contribution is -2.10. The first kappa shape index (κ1) is 8.00. The van der Waals surface area contributed by atoms with Crippen LogP contribution in [0.3, 0.4) is 0 Å². The average molecular weight is 192 g/mol. The summed E-state index contributed by atoms with van der Waals surface area (Å²) in [6, 6.07) is 5.42. The minimum absolute atomic E-state index is 0.0578. The van der Waals surface area contributed by atoms with E-state index in [0.29, 0.717) is 10.3 Å². The topological polar surface area (TPSA) is 81.4 Å². The number of nitrogen functional groups attached to an aromatic ring is 1. The van der Waals surface area contributed by atoms with Crippen LogP contribution in [0.5, 0.6) is 0 Å². The molecule has 0 bridgehead atoms. The van der Waals surface area contributed by atoms with Crippen LogP contribution in [-0.2, 0) is 0 Å². The molecular weight excluding hydrogens is 184 g/mol. The van der Waals surface area contributed by atoms with Gasteiger partial charge in [-0.3, -0.25) is 5.41 Å². The molecule has 2 aromatic rings. The van der Waals surface area contributed by atoms with Gasteiger partial charge < -0.3 is 15.7 Å². The second-order valence-electron chi connectivity index (χ2n) is 2.75. The second-order valence-corrected chi connectivity index (χ2v) is 3.16. The van der Waals surface area contributed by atoms with E-state index in [9.17, 15) is 0 Å². The van der Waals surface area contributed by atoms with Crippen molar-refractivity contribution in [3.05, 3.63) is 28.5 Å². The van der Waals surface area contributed by atoms with Gasteiger partial charge in [-0.15, -0.1) is 0 Å². The van der Waals surface area contributed by atoms with Crippen LogP contribution in [0.1, 0.15) is 5.56 Å². The number of aromatic nitrogens is 2. The van der Waals surface area contributed by atoms with Crippen molar-refractivity contribution in [1.82, 2.24) is 9.97 Å². The number of nitrogens with one attached hydrogen (secondary N) is 3. The number of nitrogens with two attached hydrogens (primary N) is 1. The zero-order valence-electron chi connectivity index (χ0n) is 6.72. The number of H-pyrrole nitrogens is 2. The van der Waals surface area contributed by atoms with Crippen molar-refractivity contribution in [2.24, 2.45) is 5.73 Å². The highest BCUT2D eigenvalue weighted by molar-refractivity contribution is 7.71. The molecule has 1 aromatic heterocycles. The molecule has 0 unspecified atom stereocenters. The summed E-state index contributed by atoms with van der Waals surface area (Å²) in [5, 5.41) is 7.25. The van der Waals surface area contributed by atoms with Crippen LogP contribution in [0, 0.1) is 10.2 Å². The maximum Gasteiger partial charge on any atom is 0.175 e. The zero-order chi connectivity index (χ0) is 9.42. The summed E-state index contributed by atoms with van der Waals surface area (Å²) in [6.07, 6.45) is 0. The van der Waals surface area contributed by atoms with E-state index in [1.165, 1.54) is 0 Å². The molecule has 0 spiro atoms. The van der Waals surface area contributed by atoms with Crippen LogP contribution >= 0.6 is 12.2 Å². The van der Waals surface area contributed by atoms with Gasteiger partial charge in [0.15, 0.2) is 4.77 Å². The summed E-state index contributed by atoms with van der Waals surface area (Å²) >= 11 is 4.93. The minimum Gasteiger partial charge on any atom is -0.384 e. The van der Waals surface area contributed by atoms with Gasteiger partial charge in [-0.05, 0) is 30.4 Å². The third-order valence-corrected chi connectivity index (χ3v) is 2.03. The van der Waals surface area contributed by atoms with E-state index in [1.807, 2.05) is 6.07 Å². The number of hydrogen-bond donors (Lipinski definition) is 4. The molecule has 0 aliphatic heterocycles. The van der Waals surface area contributed by atoms with Crippen molar-refractivity contribution < 1.29 is 0 Å². The normalized spacial score (nSPS) is 10.5. The molecule has 1 aromatic carbocycles. The van der Waals surface area contributed by atoms with Crippen molar-refractivity contribution in [1.29, 1.82) is 5.41 Å². The number of amidine groups is 1. The van der Waals surface area contributed by atoms with E-state index in [0.717, 1.165) is 11.0 Å². The fraction of sp³-hybridized carbons (Fsp3) is 0. The molecule has 2 rings (SSSR count). The van der Waals surface area contributed by atoms with Crippen molar-refractivity contribution in [3.63, 3.8) is 0 Å². The molecule has 0 saturated carbocycles. The van der Waals surface area contributed by atoms with Crippen molar-refractivity contribution >= 4 is 29.1 Å². The van der Waals surface area contributed by atoms with Gasteiger partial charge in [0.25, 0.3) is 0 Å². The van der Waals surface area contributed by atoms with Gasteiger partial charge in [-0.25, -0.2) is 0 Å². The monoisotopic (exact) mass is 192 g/mol. The molecule has 0 radical (unpaired) electrons. The van der Waals surface area contributed by atoms with Gasteiger partial charge in [0.05, 0.1) is 11.0 Å². The van der Waals surface area contributed by atoms with Gasteiger partial charge >= 0.3 is 0 Å². The molecule has 0 amide bonds. The summed E-state index contributed by atoms with van der Waals surface area (Å²) < 4.78 is 0.579. The maximum absolute atomic E-state index is 7.25. The van der Waals surface area contributed by atoms with E-state index in [1.54, 1.807) is 12.1 Å². The Hall–Kier alpha value is -1.62. The zero-order valence-corrected chi connectivity index (χ0v) is 7.53. The Labute approximate surface area is 79.3 Å². The van der Waals surface area contributed by atoms with E-state index >= 15 is 0 Å². The predicted octanol–water partition coefficient (Wildman–Crippen LogP) is 1.51. The molecule has 0 aliphatic rings. The Kier molecular flexibility index (Phi) is 1.66. The van der Waals surface area contributed by atoms with Gasteiger partial charge in [0.2, 0.25) is 0 Å². The molecule has 0 saturated heterocycles. The highest BCUT2D eigenvalue weighted by atomic mass is 32.1. The molecule has 5 N–H and O–H groups in total. The number of imidazole rings is 1. The quantitative estimate of drug-likeness (QED) is 0.314. The Bertz CT molecular complexity index is 522. The average Bonchev–Trinajstić information content (AvgIpc) is 2.42. The standard InChI is InChI=1S/C8H8N4S/c9-7(10)4-1-2-5-6(3-4)12-8(13)11-5/h1-3H,(H3,9,10)(H2,11,12,13). The Morgan fingerprint density at radius 2 is 2.00 bits per heavy atom. The third kappa shape index (κ3) is 1.33. The maximum atomic E-state index is 7.25. The van der Waals surface area contributed by atoms with Crippen molar-refractivity contribution in [2.75, 3.05) is 0 Å². The lowest BCUT2D eigenvalue weighted by atomic mass is 10.2. The molecular formula is C8H8N4S. The van der Waals surface area contributed by atoms with E-state index in [-0.39, 0.29) is 5.84 Å². The molecule has 4 nitrogen and oxygen atoms in total. The van der Waals surface area contributed by atoms with Gasteiger partial charge in [-0.2, -0.15) is 0 Å². The smallest absolute Gasteiger partial charge is 0.175 e. The SMILES string of the molecule is N=C(N)c1ccc2[nH]c(=S)[nH]c2c1. The summed E-state index contributed by atoms with van der Waals surface area (Å²) in [6.45, 7) is 0. The first-order valence-electron chi connectivity index (χ1n) is 3.73. The van der Waals surface area contributed by atoms with E-state index in [2.05, 4.69) is 9.97 Å². The Morgan fingerprint density at radius 3 is 2.69 bits per heavy atom. The fourth-order valence-corrected chi connectivity index (χ4v) is 1.42. The first-order valence-corrected chi connectivity index (χ1v) is 4.14. The summed E-state index contributed by atoms with van der Waals surface area (Å²) in [5.74, 6) is 0.0578. The van der Waals surface area contributed by atoms with Crippen LogP contribution in [0.4, 0.5) is 0 Å². The molecule has 13 heavy (non-hydrogen) atoms. The highest BCUT2D eigenvalue weighted by Gasteiger charge is 1.99. The number of aromatic amines is 2. The molecule has 66 valence electrons. The lowest BCUT2D eigenvalue weighted by Gasteiger charge is -1.96. The Morgan fingerprint density at radius 1 is 1.31 bits per heavy atom.